The lowest BCUT2D eigenvalue weighted by Gasteiger charge is -2.43. The number of ether oxygens (including phenoxy) is 3. The fourth-order valence-electron chi connectivity index (χ4n) is 2.91. The van der Waals surface area contributed by atoms with Gasteiger partial charge in [-0.1, -0.05) is 0 Å². The molecule has 0 aliphatic heterocycles. The Bertz CT molecular complexity index is 518. The predicted octanol–water partition coefficient (Wildman–Crippen LogP) is 0.419. The van der Waals surface area contributed by atoms with E-state index in [4.69, 9.17) is 14.2 Å². The molecule has 0 heterocycles. The van der Waals surface area contributed by atoms with E-state index in [-0.39, 0.29) is 12.2 Å². The number of ketones is 2. The number of methoxy groups -OCH3 is 3. The van der Waals surface area contributed by atoms with Crippen molar-refractivity contribution in [3.8, 4) is 0 Å². The van der Waals surface area contributed by atoms with Gasteiger partial charge in [-0.25, -0.2) is 0 Å². The van der Waals surface area contributed by atoms with Crippen LogP contribution in [0.3, 0.4) is 0 Å². The summed E-state index contributed by atoms with van der Waals surface area (Å²) >= 11 is 0. The van der Waals surface area contributed by atoms with Gasteiger partial charge >= 0.3 is 5.97 Å². The lowest BCUT2D eigenvalue weighted by Crippen LogP contribution is -2.59. The first kappa shape index (κ1) is 14.5. The Kier molecular flexibility index (Phi) is 3.76. The molecule has 3 atom stereocenters. The molecule has 0 aromatic rings. The Morgan fingerprint density at radius 1 is 1.25 bits per heavy atom. The third kappa shape index (κ3) is 1.79. The second-order valence-corrected chi connectivity index (χ2v) is 4.71. The monoisotopic (exact) mass is 280 g/mol. The summed E-state index contributed by atoms with van der Waals surface area (Å²) in [5.41, 5.74) is -1.66. The lowest BCUT2D eigenvalue weighted by molar-refractivity contribution is -0.174. The van der Waals surface area contributed by atoms with E-state index in [0.29, 0.717) is 5.76 Å². The molecule has 0 saturated heterocycles. The number of rotatable bonds is 3. The minimum atomic E-state index is -1.66. The normalized spacial score (nSPS) is 32.5. The molecule has 6 heteroatoms. The number of fused-ring (bicyclic) bond motifs is 1. The molecule has 0 aromatic heterocycles. The summed E-state index contributed by atoms with van der Waals surface area (Å²) < 4.78 is 15.2. The summed E-state index contributed by atoms with van der Waals surface area (Å²) in [4.78, 5) is 36.8. The fraction of sp³-hybridized carbons (Fsp3) is 0.500. The van der Waals surface area contributed by atoms with Crippen molar-refractivity contribution >= 4 is 17.5 Å². The first-order valence-electron chi connectivity index (χ1n) is 6.14. The third-order valence-corrected chi connectivity index (χ3v) is 3.93. The molecule has 0 saturated carbocycles. The van der Waals surface area contributed by atoms with Crippen molar-refractivity contribution in [3.05, 3.63) is 24.0 Å². The van der Waals surface area contributed by atoms with Crippen LogP contribution in [0.5, 0.6) is 0 Å². The van der Waals surface area contributed by atoms with Crippen molar-refractivity contribution < 1.29 is 28.6 Å². The van der Waals surface area contributed by atoms with Gasteiger partial charge in [-0.05, 0) is 18.2 Å². The largest absolute Gasteiger partial charge is 0.501 e. The number of allylic oxidation sites excluding steroid dienone is 3. The molecule has 0 aromatic carbocycles. The van der Waals surface area contributed by atoms with Gasteiger partial charge in [0.05, 0.1) is 25.9 Å². The Balaban J connectivity index is 2.65. The quantitative estimate of drug-likeness (QED) is 0.550. The Morgan fingerprint density at radius 2 is 1.95 bits per heavy atom. The van der Waals surface area contributed by atoms with Crippen LogP contribution in [0, 0.1) is 11.3 Å². The van der Waals surface area contributed by atoms with Gasteiger partial charge in [0.2, 0.25) is 0 Å². The summed E-state index contributed by atoms with van der Waals surface area (Å²) in [6.45, 7) is 0. The second-order valence-electron chi connectivity index (χ2n) is 4.71. The molecule has 0 amide bonds. The number of hydrogen-bond acceptors (Lipinski definition) is 6. The van der Waals surface area contributed by atoms with Gasteiger partial charge in [0, 0.05) is 13.5 Å². The first-order chi connectivity index (χ1) is 9.52. The van der Waals surface area contributed by atoms with Crippen LogP contribution in [0.4, 0.5) is 0 Å². The molecular weight excluding hydrogens is 264 g/mol. The molecule has 2 rings (SSSR count). The summed E-state index contributed by atoms with van der Waals surface area (Å²) in [5, 5.41) is 0. The van der Waals surface area contributed by atoms with Gasteiger partial charge in [0.15, 0.2) is 17.0 Å². The predicted molar refractivity (Wildman–Crippen MR) is 67.6 cm³/mol. The number of esters is 1. The summed E-state index contributed by atoms with van der Waals surface area (Å²) in [6, 6.07) is 0. The molecule has 0 spiro atoms. The highest BCUT2D eigenvalue weighted by molar-refractivity contribution is 6.19. The molecule has 0 fully saturated rings. The van der Waals surface area contributed by atoms with Crippen LogP contribution in [0.25, 0.3) is 0 Å². The minimum absolute atomic E-state index is 0.167. The molecule has 2 aliphatic carbocycles. The summed E-state index contributed by atoms with van der Waals surface area (Å²) in [7, 11) is 4.03. The first-order valence-corrected chi connectivity index (χ1v) is 6.14. The Morgan fingerprint density at radius 3 is 2.50 bits per heavy atom. The molecule has 20 heavy (non-hydrogen) atoms. The molecule has 0 radical (unpaired) electrons. The molecular formula is C14H16O6. The molecule has 0 N–H and O–H groups in total. The van der Waals surface area contributed by atoms with Gasteiger partial charge in [-0.3, -0.25) is 14.4 Å². The van der Waals surface area contributed by atoms with Crippen LogP contribution in [-0.2, 0) is 28.6 Å². The Hall–Kier alpha value is -1.95. The van der Waals surface area contributed by atoms with E-state index < -0.39 is 29.2 Å². The topological polar surface area (TPSA) is 78.9 Å². The van der Waals surface area contributed by atoms with Gasteiger partial charge < -0.3 is 14.2 Å². The van der Waals surface area contributed by atoms with Crippen LogP contribution in [-0.4, -0.2) is 45.0 Å². The maximum Gasteiger partial charge on any atom is 0.323 e. The maximum absolute atomic E-state index is 12.4. The highest BCUT2D eigenvalue weighted by atomic mass is 16.5. The van der Waals surface area contributed by atoms with E-state index in [0.717, 1.165) is 6.08 Å². The standard InChI is InChI=1S/C14H16O6/c1-18-8-6-9-10(15)4-5-11(16)14(9,13(17)20-3)12(7-8)19-2/h4-5,7,9,12H,6H2,1-3H3/t9-,12-,14+/m1/s1. The average molecular weight is 280 g/mol. The molecule has 108 valence electrons. The van der Waals surface area contributed by atoms with E-state index in [1.165, 1.54) is 27.4 Å². The molecule has 2 aliphatic rings. The van der Waals surface area contributed by atoms with Crippen LogP contribution in [0.2, 0.25) is 0 Å². The highest BCUT2D eigenvalue weighted by Crippen LogP contribution is 2.46. The molecule has 0 unspecified atom stereocenters. The van der Waals surface area contributed by atoms with E-state index in [2.05, 4.69) is 0 Å². The summed E-state index contributed by atoms with van der Waals surface area (Å²) in [6.07, 6.45) is 3.13. The number of carbonyl (C=O) groups excluding carboxylic acids is 3. The smallest absolute Gasteiger partial charge is 0.323 e. The summed E-state index contributed by atoms with van der Waals surface area (Å²) in [5.74, 6) is -1.90. The van der Waals surface area contributed by atoms with Gasteiger partial charge in [0.25, 0.3) is 0 Å². The van der Waals surface area contributed by atoms with E-state index in [1.54, 1.807) is 6.08 Å². The fourth-order valence-corrected chi connectivity index (χ4v) is 2.91. The van der Waals surface area contributed by atoms with Crippen molar-refractivity contribution in [2.45, 2.75) is 12.5 Å². The van der Waals surface area contributed by atoms with Gasteiger partial charge in [-0.15, -0.1) is 0 Å². The van der Waals surface area contributed by atoms with E-state index in [9.17, 15) is 14.4 Å². The SMILES string of the molecule is COC(=O)[C@]12C(=O)C=CC(=O)[C@H]1CC(OC)=C[C@H]2OC. The highest BCUT2D eigenvalue weighted by Gasteiger charge is 2.62. The van der Waals surface area contributed by atoms with E-state index in [1.807, 2.05) is 0 Å². The van der Waals surface area contributed by atoms with Crippen LogP contribution in [0.15, 0.2) is 24.0 Å². The van der Waals surface area contributed by atoms with Crippen molar-refractivity contribution in [1.82, 2.24) is 0 Å². The molecule has 0 bridgehead atoms. The zero-order chi connectivity index (χ0) is 14.9. The third-order valence-electron chi connectivity index (χ3n) is 3.93. The van der Waals surface area contributed by atoms with Crippen LogP contribution >= 0.6 is 0 Å². The van der Waals surface area contributed by atoms with E-state index >= 15 is 0 Å². The van der Waals surface area contributed by atoms with Crippen molar-refractivity contribution in [2.75, 3.05) is 21.3 Å². The average Bonchev–Trinajstić information content (AvgIpc) is 2.48. The second kappa shape index (κ2) is 5.20. The lowest BCUT2D eigenvalue weighted by atomic mass is 9.60. The van der Waals surface area contributed by atoms with Crippen molar-refractivity contribution in [2.24, 2.45) is 11.3 Å². The Labute approximate surface area is 116 Å². The van der Waals surface area contributed by atoms with Crippen LogP contribution in [0.1, 0.15) is 6.42 Å². The maximum atomic E-state index is 12.4. The molecule has 6 nitrogen and oxygen atoms in total. The van der Waals surface area contributed by atoms with Gasteiger partial charge in [0.1, 0.15) is 6.10 Å². The zero-order valence-electron chi connectivity index (χ0n) is 11.5. The zero-order valence-corrected chi connectivity index (χ0v) is 11.5. The minimum Gasteiger partial charge on any atom is -0.501 e. The van der Waals surface area contributed by atoms with Gasteiger partial charge in [-0.2, -0.15) is 0 Å². The van der Waals surface area contributed by atoms with Crippen molar-refractivity contribution in [3.63, 3.8) is 0 Å². The van der Waals surface area contributed by atoms with Crippen LogP contribution < -0.4 is 0 Å². The van der Waals surface area contributed by atoms with Crippen molar-refractivity contribution in [1.29, 1.82) is 0 Å². The number of hydrogen-bond donors (Lipinski definition) is 0. The number of carbonyl (C=O) groups is 3.